The van der Waals surface area contributed by atoms with Gasteiger partial charge in [-0.05, 0) is 56.8 Å². The highest BCUT2D eigenvalue weighted by molar-refractivity contribution is 5.29. The minimum Gasteiger partial charge on any atom is -0.486 e. The number of halogens is 1. The second kappa shape index (κ2) is 8.38. The summed E-state index contributed by atoms with van der Waals surface area (Å²) in [5.41, 5.74) is 1.04. The number of hydrogen-bond donors (Lipinski definition) is 1. The lowest BCUT2D eigenvalue weighted by Gasteiger charge is -2.31. The Hall–Kier alpha value is -1.09. The SMILES string of the molecule is CCCNC1CCCCCCC1Oc1cc(C)ccc1F. The summed E-state index contributed by atoms with van der Waals surface area (Å²) in [6, 6.07) is 5.44. The first-order valence-electron chi connectivity index (χ1n) is 8.37. The Morgan fingerprint density at radius 3 is 2.71 bits per heavy atom. The second-order valence-corrected chi connectivity index (χ2v) is 6.14. The molecule has 1 aliphatic rings. The number of hydrogen-bond acceptors (Lipinski definition) is 2. The van der Waals surface area contributed by atoms with Crippen molar-refractivity contribution in [3.63, 3.8) is 0 Å². The Bertz CT molecular complexity index is 433. The molecule has 1 N–H and O–H groups in total. The molecule has 1 saturated carbocycles. The minimum atomic E-state index is -0.253. The Balaban J connectivity index is 2.08. The van der Waals surface area contributed by atoms with E-state index in [9.17, 15) is 4.39 Å². The van der Waals surface area contributed by atoms with Crippen molar-refractivity contribution in [2.75, 3.05) is 6.54 Å². The van der Waals surface area contributed by atoms with E-state index in [4.69, 9.17) is 4.74 Å². The molecule has 21 heavy (non-hydrogen) atoms. The molecule has 0 aromatic heterocycles. The van der Waals surface area contributed by atoms with Crippen molar-refractivity contribution in [3.05, 3.63) is 29.6 Å². The molecule has 1 fully saturated rings. The maximum absolute atomic E-state index is 13.9. The van der Waals surface area contributed by atoms with Gasteiger partial charge < -0.3 is 10.1 Å². The summed E-state index contributed by atoms with van der Waals surface area (Å²) in [6.07, 6.45) is 8.29. The van der Waals surface area contributed by atoms with Gasteiger partial charge in [0.25, 0.3) is 0 Å². The van der Waals surface area contributed by atoms with Gasteiger partial charge in [-0.1, -0.05) is 32.3 Å². The van der Waals surface area contributed by atoms with E-state index >= 15 is 0 Å². The maximum atomic E-state index is 13.9. The van der Waals surface area contributed by atoms with Crippen LogP contribution in [0.3, 0.4) is 0 Å². The van der Waals surface area contributed by atoms with Crippen molar-refractivity contribution in [1.29, 1.82) is 0 Å². The fourth-order valence-corrected chi connectivity index (χ4v) is 3.02. The molecule has 0 heterocycles. The molecular formula is C18H28FNO. The predicted molar refractivity (Wildman–Crippen MR) is 85.3 cm³/mol. The van der Waals surface area contributed by atoms with Crippen LogP contribution in [0, 0.1) is 12.7 Å². The van der Waals surface area contributed by atoms with Crippen LogP contribution in [0.5, 0.6) is 5.75 Å². The summed E-state index contributed by atoms with van der Waals surface area (Å²) in [5, 5.41) is 3.60. The van der Waals surface area contributed by atoms with E-state index in [1.54, 1.807) is 6.07 Å². The van der Waals surface area contributed by atoms with Crippen LogP contribution in [-0.4, -0.2) is 18.7 Å². The van der Waals surface area contributed by atoms with Gasteiger partial charge in [-0.2, -0.15) is 0 Å². The highest BCUT2D eigenvalue weighted by Crippen LogP contribution is 2.25. The topological polar surface area (TPSA) is 21.3 Å². The van der Waals surface area contributed by atoms with E-state index in [1.807, 2.05) is 13.0 Å². The summed E-state index contributed by atoms with van der Waals surface area (Å²) < 4.78 is 20.0. The lowest BCUT2D eigenvalue weighted by molar-refractivity contribution is 0.122. The smallest absolute Gasteiger partial charge is 0.165 e. The Kier molecular flexibility index (Phi) is 6.50. The van der Waals surface area contributed by atoms with Crippen LogP contribution < -0.4 is 10.1 Å². The number of nitrogens with one attached hydrogen (secondary N) is 1. The molecule has 0 bridgehead atoms. The van der Waals surface area contributed by atoms with Gasteiger partial charge in [-0.3, -0.25) is 0 Å². The molecule has 1 aliphatic carbocycles. The number of aryl methyl sites for hydroxylation is 1. The van der Waals surface area contributed by atoms with Crippen LogP contribution in [-0.2, 0) is 0 Å². The monoisotopic (exact) mass is 293 g/mol. The van der Waals surface area contributed by atoms with Crippen LogP contribution in [0.4, 0.5) is 4.39 Å². The highest BCUT2D eigenvalue weighted by Gasteiger charge is 2.24. The van der Waals surface area contributed by atoms with E-state index < -0.39 is 0 Å². The molecule has 3 heteroatoms. The summed E-state index contributed by atoms with van der Waals surface area (Å²) in [7, 11) is 0. The predicted octanol–water partition coefficient (Wildman–Crippen LogP) is 4.60. The number of benzene rings is 1. The normalized spacial score (nSPS) is 23.4. The molecule has 0 spiro atoms. The molecule has 1 aromatic rings. The van der Waals surface area contributed by atoms with Gasteiger partial charge in [0.1, 0.15) is 6.10 Å². The van der Waals surface area contributed by atoms with Gasteiger partial charge in [-0.15, -0.1) is 0 Å². The number of ether oxygens (including phenoxy) is 1. The molecule has 2 atom stereocenters. The third-order valence-electron chi connectivity index (χ3n) is 4.22. The zero-order valence-corrected chi connectivity index (χ0v) is 13.3. The van der Waals surface area contributed by atoms with Crippen molar-refractivity contribution >= 4 is 0 Å². The molecule has 0 aliphatic heterocycles. The highest BCUT2D eigenvalue weighted by atomic mass is 19.1. The van der Waals surface area contributed by atoms with Gasteiger partial charge in [0.05, 0.1) is 0 Å². The summed E-state index contributed by atoms with van der Waals surface area (Å²) in [4.78, 5) is 0. The minimum absolute atomic E-state index is 0.0770. The molecule has 2 unspecified atom stereocenters. The third-order valence-corrected chi connectivity index (χ3v) is 4.22. The summed E-state index contributed by atoms with van der Waals surface area (Å²) in [6.45, 7) is 5.14. The van der Waals surface area contributed by atoms with Gasteiger partial charge in [0.2, 0.25) is 0 Å². The first kappa shape index (κ1) is 16.3. The second-order valence-electron chi connectivity index (χ2n) is 6.14. The summed E-state index contributed by atoms with van der Waals surface area (Å²) >= 11 is 0. The van der Waals surface area contributed by atoms with Gasteiger partial charge in [-0.25, -0.2) is 4.39 Å². The Morgan fingerprint density at radius 2 is 1.95 bits per heavy atom. The quantitative estimate of drug-likeness (QED) is 0.856. The van der Waals surface area contributed by atoms with E-state index in [-0.39, 0.29) is 11.9 Å². The van der Waals surface area contributed by atoms with Crippen LogP contribution in [0.25, 0.3) is 0 Å². The molecule has 118 valence electrons. The van der Waals surface area contributed by atoms with E-state index in [0.29, 0.717) is 11.8 Å². The van der Waals surface area contributed by atoms with Crippen molar-refractivity contribution in [1.82, 2.24) is 5.32 Å². The number of rotatable bonds is 5. The van der Waals surface area contributed by atoms with Gasteiger partial charge in [0.15, 0.2) is 11.6 Å². The lowest BCUT2D eigenvalue weighted by Crippen LogP contribution is -2.44. The molecule has 1 aromatic carbocycles. The third kappa shape index (κ3) is 4.99. The van der Waals surface area contributed by atoms with Crippen LogP contribution >= 0.6 is 0 Å². The average Bonchev–Trinajstić information content (AvgIpc) is 2.45. The van der Waals surface area contributed by atoms with E-state index in [1.165, 1.54) is 31.7 Å². The van der Waals surface area contributed by atoms with Crippen molar-refractivity contribution in [3.8, 4) is 5.75 Å². The molecule has 0 amide bonds. The summed E-state index contributed by atoms with van der Waals surface area (Å²) in [5.74, 6) is 0.153. The van der Waals surface area contributed by atoms with E-state index in [2.05, 4.69) is 12.2 Å². The van der Waals surface area contributed by atoms with Crippen LogP contribution in [0.1, 0.15) is 57.4 Å². The fraction of sp³-hybridized carbons (Fsp3) is 0.667. The van der Waals surface area contributed by atoms with Crippen molar-refractivity contribution < 1.29 is 9.13 Å². The average molecular weight is 293 g/mol. The molecule has 0 radical (unpaired) electrons. The first-order valence-corrected chi connectivity index (χ1v) is 8.37. The molecule has 2 nitrogen and oxygen atoms in total. The largest absolute Gasteiger partial charge is 0.486 e. The van der Waals surface area contributed by atoms with Crippen LogP contribution in [0.2, 0.25) is 0 Å². The first-order chi connectivity index (χ1) is 10.2. The molecule has 0 saturated heterocycles. The molecule has 2 rings (SSSR count). The van der Waals surface area contributed by atoms with Gasteiger partial charge >= 0.3 is 0 Å². The van der Waals surface area contributed by atoms with E-state index in [0.717, 1.165) is 31.4 Å². The standard InChI is InChI=1S/C18H28FNO/c1-3-12-20-16-8-6-4-5-7-9-17(16)21-18-13-14(2)10-11-15(18)19/h10-11,13,16-17,20H,3-9,12H2,1-2H3. The molecular weight excluding hydrogens is 265 g/mol. The maximum Gasteiger partial charge on any atom is 0.165 e. The fourth-order valence-electron chi connectivity index (χ4n) is 3.02. The van der Waals surface area contributed by atoms with Gasteiger partial charge in [0, 0.05) is 6.04 Å². The van der Waals surface area contributed by atoms with Crippen molar-refractivity contribution in [2.24, 2.45) is 0 Å². The zero-order chi connectivity index (χ0) is 15.1. The zero-order valence-electron chi connectivity index (χ0n) is 13.3. The van der Waals surface area contributed by atoms with Crippen LogP contribution in [0.15, 0.2) is 18.2 Å². The van der Waals surface area contributed by atoms with Crippen molar-refractivity contribution in [2.45, 2.75) is 70.9 Å². The Labute approximate surface area is 128 Å². The Morgan fingerprint density at radius 1 is 1.19 bits per heavy atom. The lowest BCUT2D eigenvalue weighted by atomic mass is 9.94.